The zero-order valence-electron chi connectivity index (χ0n) is 18.6. The lowest BCUT2D eigenvalue weighted by Gasteiger charge is -2.27. The summed E-state index contributed by atoms with van der Waals surface area (Å²) in [6.45, 7) is 2.06. The van der Waals surface area contributed by atoms with Crippen molar-refractivity contribution in [3.63, 3.8) is 0 Å². The minimum atomic E-state index is -1.07. The van der Waals surface area contributed by atoms with E-state index in [1.807, 2.05) is 36.4 Å². The number of aliphatic carboxylic acids is 1. The number of nitrogens with one attached hydrogen (secondary N) is 1. The molecule has 3 N–H and O–H groups in total. The second kappa shape index (κ2) is 11.8. The van der Waals surface area contributed by atoms with Gasteiger partial charge in [-0.1, -0.05) is 48.5 Å². The number of benzene rings is 3. The Bertz CT molecular complexity index is 1170. The minimum Gasteiger partial charge on any atom is -0.505 e. The molecule has 8 heteroatoms. The van der Waals surface area contributed by atoms with Crippen molar-refractivity contribution in [1.82, 2.24) is 0 Å². The fourth-order valence-corrected chi connectivity index (χ4v) is 3.63. The minimum absolute atomic E-state index is 0.290. The first-order valence-electron chi connectivity index (χ1n) is 10.8. The van der Waals surface area contributed by atoms with E-state index < -0.39 is 35.8 Å². The summed E-state index contributed by atoms with van der Waals surface area (Å²) < 4.78 is 25.6. The van der Waals surface area contributed by atoms with E-state index in [4.69, 9.17) is 14.6 Å². The molecule has 7 nitrogen and oxygen atoms in total. The number of phenols is 1. The van der Waals surface area contributed by atoms with E-state index in [9.17, 15) is 19.1 Å². The van der Waals surface area contributed by atoms with Gasteiger partial charge in [-0.15, -0.1) is 0 Å². The number of carboxylic acids is 1. The Morgan fingerprint density at radius 1 is 1.12 bits per heavy atom. The van der Waals surface area contributed by atoms with Gasteiger partial charge in [0.2, 0.25) is 0 Å². The van der Waals surface area contributed by atoms with Crippen LogP contribution in [0.15, 0.2) is 72.8 Å². The molecule has 0 aliphatic heterocycles. The number of amides is 1. The van der Waals surface area contributed by atoms with Gasteiger partial charge in [0.15, 0.2) is 17.7 Å². The lowest BCUT2D eigenvalue weighted by Crippen LogP contribution is -2.29. The van der Waals surface area contributed by atoms with Crippen LogP contribution in [0.1, 0.15) is 31.4 Å². The van der Waals surface area contributed by atoms with Crippen LogP contribution in [0, 0.1) is 5.82 Å². The number of allylic oxidation sites excluding steroid dienone is 1. The molecule has 3 rings (SSSR count). The number of fused-ring (bicyclic) bond motifs is 1. The molecule has 0 bridgehead atoms. The van der Waals surface area contributed by atoms with E-state index in [2.05, 4.69) is 5.32 Å². The predicted molar refractivity (Wildman–Crippen MR) is 126 cm³/mol. The molecule has 0 unspecified atom stereocenters. The summed E-state index contributed by atoms with van der Waals surface area (Å²) in [7, 11) is 0. The van der Waals surface area contributed by atoms with Crippen molar-refractivity contribution in [2.75, 3.05) is 11.9 Å². The van der Waals surface area contributed by atoms with Crippen LogP contribution in [0.25, 0.3) is 10.8 Å². The van der Waals surface area contributed by atoms with E-state index in [1.54, 1.807) is 13.0 Å². The number of rotatable bonds is 10. The summed E-state index contributed by atoms with van der Waals surface area (Å²) in [5.74, 6) is -2.46. The molecule has 0 aromatic heterocycles. The largest absolute Gasteiger partial charge is 0.505 e. The average molecular weight is 467 g/mol. The van der Waals surface area contributed by atoms with Crippen molar-refractivity contribution in [2.45, 2.75) is 32.0 Å². The van der Waals surface area contributed by atoms with Gasteiger partial charge in [0.1, 0.15) is 0 Å². The Balaban J connectivity index is 1.86. The molecule has 178 valence electrons. The third kappa shape index (κ3) is 6.55. The quantitative estimate of drug-likeness (QED) is 0.326. The highest BCUT2D eigenvalue weighted by molar-refractivity contribution is 6.00. The van der Waals surface area contributed by atoms with E-state index in [1.165, 1.54) is 18.2 Å². The van der Waals surface area contributed by atoms with E-state index in [0.717, 1.165) is 22.9 Å². The number of phenolic OH excluding ortho intramolecular Hbond substituents is 1. The van der Waals surface area contributed by atoms with Gasteiger partial charge in [0.25, 0.3) is 0 Å². The van der Waals surface area contributed by atoms with Crippen LogP contribution in [0.3, 0.4) is 0 Å². The number of carbonyl (C=O) groups is 2. The van der Waals surface area contributed by atoms with Gasteiger partial charge < -0.3 is 19.7 Å². The molecule has 0 fully saturated rings. The highest BCUT2D eigenvalue weighted by Gasteiger charge is 2.28. The Labute approximate surface area is 196 Å². The van der Waals surface area contributed by atoms with Gasteiger partial charge in [-0.3, -0.25) is 5.32 Å². The van der Waals surface area contributed by atoms with Crippen LogP contribution in [0.5, 0.6) is 5.75 Å². The molecule has 2 atom stereocenters. The molecule has 34 heavy (non-hydrogen) atoms. The molecule has 0 radical (unpaired) electrons. The molecular weight excluding hydrogens is 441 g/mol. The van der Waals surface area contributed by atoms with Crippen LogP contribution in [-0.2, 0) is 14.3 Å². The maximum absolute atomic E-state index is 14.1. The van der Waals surface area contributed by atoms with Crippen LogP contribution >= 0.6 is 0 Å². The van der Waals surface area contributed by atoms with Crippen LogP contribution in [0.2, 0.25) is 0 Å². The molecular formula is C26H26FNO6. The molecule has 3 aromatic rings. The van der Waals surface area contributed by atoms with Crippen molar-refractivity contribution >= 4 is 28.5 Å². The Morgan fingerprint density at radius 2 is 1.88 bits per heavy atom. The van der Waals surface area contributed by atoms with Crippen molar-refractivity contribution in [3.05, 3.63) is 84.2 Å². The van der Waals surface area contributed by atoms with Crippen LogP contribution in [0.4, 0.5) is 14.9 Å². The second-order valence-electron chi connectivity index (χ2n) is 7.50. The Morgan fingerprint density at radius 3 is 2.62 bits per heavy atom. The Kier molecular flexibility index (Phi) is 8.59. The molecule has 0 heterocycles. The van der Waals surface area contributed by atoms with Crippen molar-refractivity contribution in [2.24, 2.45) is 0 Å². The lowest BCUT2D eigenvalue weighted by molar-refractivity contribution is -0.131. The predicted octanol–water partition coefficient (Wildman–Crippen LogP) is 5.80. The third-order valence-corrected chi connectivity index (χ3v) is 5.16. The fourth-order valence-electron chi connectivity index (χ4n) is 3.63. The molecule has 0 aliphatic carbocycles. The second-order valence-corrected chi connectivity index (χ2v) is 7.50. The first-order valence-corrected chi connectivity index (χ1v) is 10.8. The van der Waals surface area contributed by atoms with Gasteiger partial charge in [-0.05, 0) is 48.9 Å². The summed E-state index contributed by atoms with van der Waals surface area (Å²) in [4.78, 5) is 23.6. The number of anilines is 1. The van der Waals surface area contributed by atoms with Gasteiger partial charge >= 0.3 is 12.1 Å². The summed E-state index contributed by atoms with van der Waals surface area (Å²) in [6.07, 6.45) is 0.675. The monoisotopic (exact) mass is 467 g/mol. The van der Waals surface area contributed by atoms with Gasteiger partial charge in [-0.2, -0.15) is 0 Å². The summed E-state index contributed by atoms with van der Waals surface area (Å²) in [5, 5.41) is 22.9. The lowest BCUT2D eigenvalue weighted by atomic mass is 9.99. The number of hydrogen-bond donors (Lipinski definition) is 3. The van der Waals surface area contributed by atoms with Gasteiger partial charge in [-0.25, -0.2) is 14.0 Å². The number of halogens is 1. The van der Waals surface area contributed by atoms with Crippen molar-refractivity contribution in [3.8, 4) is 5.75 Å². The van der Waals surface area contributed by atoms with Gasteiger partial charge in [0, 0.05) is 18.1 Å². The maximum Gasteiger partial charge on any atom is 0.412 e. The molecule has 0 aliphatic rings. The standard InChI is InChI=1S/C26H26FNO6/c1-2-33-23(12-5-6-13-24(30)31)25(18-14-15-22(29)20(27)16-18)34-26(32)28-21-11-7-9-17-8-3-4-10-19(17)21/h3-4,6-11,13-16,23,25,29H,2,5,12H2,1H3,(H,28,32)(H,30,31)/b13-6+/t23-,25-/m1/s1. The number of aromatic hydroxyl groups is 1. The number of hydrogen-bond acceptors (Lipinski definition) is 5. The van der Waals surface area contributed by atoms with E-state index in [-0.39, 0.29) is 0 Å². The van der Waals surface area contributed by atoms with Crippen molar-refractivity contribution < 1.29 is 33.7 Å². The van der Waals surface area contributed by atoms with Crippen LogP contribution in [-0.4, -0.2) is 35.0 Å². The first kappa shape index (κ1) is 24.7. The summed E-state index contributed by atoms with van der Waals surface area (Å²) in [6, 6.07) is 16.7. The number of ether oxygens (including phenoxy) is 2. The first-order chi connectivity index (χ1) is 16.4. The molecule has 1 amide bonds. The highest BCUT2D eigenvalue weighted by Crippen LogP contribution is 2.31. The topological polar surface area (TPSA) is 105 Å². The van der Waals surface area contributed by atoms with Gasteiger partial charge in [0.05, 0.1) is 11.8 Å². The normalized spacial score (nSPS) is 13.0. The molecule has 3 aromatic carbocycles. The SMILES string of the molecule is CCO[C@H](CC/C=C/C(=O)O)[C@H](OC(=O)Nc1cccc2ccccc12)c1ccc(O)c(F)c1. The molecule has 0 spiro atoms. The zero-order valence-corrected chi connectivity index (χ0v) is 18.6. The Hall–Kier alpha value is -3.91. The molecule has 0 saturated carbocycles. The fraction of sp³-hybridized carbons (Fsp3) is 0.231. The van der Waals surface area contributed by atoms with Crippen molar-refractivity contribution in [1.29, 1.82) is 0 Å². The maximum atomic E-state index is 14.1. The zero-order chi connectivity index (χ0) is 24.5. The third-order valence-electron chi connectivity index (χ3n) is 5.16. The summed E-state index contributed by atoms with van der Waals surface area (Å²) >= 11 is 0. The summed E-state index contributed by atoms with van der Waals surface area (Å²) in [5.41, 5.74) is 0.847. The average Bonchev–Trinajstić information content (AvgIpc) is 2.81. The highest BCUT2D eigenvalue weighted by atomic mass is 19.1. The van der Waals surface area contributed by atoms with Crippen LogP contribution < -0.4 is 5.32 Å². The number of carboxylic acid groups (broad SMARTS) is 1. The van der Waals surface area contributed by atoms with E-state index >= 15 is 0 Å². The molecule has 0 saturated heterocycles. The van der Waals surface area contributed by atoms with E-state index in [0.29, 0.717) is 30.7 Å². The number of carbonyl (C=O) groups excluding carboxylic acids is 1. The smallest absolute Gasteiger partial charge is 0.412 e.